The molecule has 0 radical (unpaired) electrons. The van der Waals surface area contributed by atoms with Crippen LogP contribution in [0.5, 0.6) is 0 Å². The fraction of sp³-hybridized carbons (Fsp3) is 0.375. The molecule has 14 heavy (non-hydrogen) atoms. The zero-order valence-electron chi connectivity index (χ0n) is 7.82. The Balaban J connectivity index is 3.48. The molecule has 0 fully saturated rings. The molecule has 1 rings (SSSR count). The normalized spacial score (nSPS) is 10.6. The molecule has 0 bridgehead atoms. The van der Waals surface area contributed by atoms with Crippen LogP contribution >= 0.6 is 0 Å². The van der Waals surface area contributed by atoms with E-state index < -0.39 is 23.1 Å². The predicted octanol–water partition coefficient (Wildman–Crippen LogP) is 0.0622. The zero-order chi connectivity index (χ0) is 10.9. The molecule has 0 atom stereocenters. The van der Waals surface area contributed by atoms with Crippen molar-refractivity contribution in [1.29, 1.82) is 0 Å². The lowest BCUT2D eigenvalue weighted by molar-refractivity contribution is 0.0991. The van der Waals surface area contributed by atoms with Gasteiger partial charge in [0.25, 0.3) is 11.5 Å². The van der Waals surface area contributed by atoms with E-state index in [1.807, 2.05) is 0 Å². The van der Waals surface area contributed by atoms with E-state index in [0.29, 0.717) is 0 Å². The van der Waals surface area contributed by atoms with Gasteiger partial charge in [-0.15, -0.1) is 0 Å². The number of nitrogens with zero attached hydrogens (tertiary/aromatic N) is 2. The van der Waals surface area contributed by atoms with Crippen LogP contribution in [0.1, 0.15) is 30.4 Å². The number of aromatic nitrogens is 2. The van der Waals surface area contributed by atoms with Gasteiger partial charge in [-0.3, -0.25) is 9.59 Å². The molecule has 1 aromatic rings. The van der Waals surface area contributed by atoms with Crippen LogP contribution in [0.2, 0.25) is 0 Å². The van der Waals surface area contributed by atoms with Crippen molar-refractivity contribution >= 4 is 5.91 Å². The van der Waals surface area contributed by atoms with Crippen LogP contribution in [-0.2, 0) is 0 Å². The van der Waals surface area contributed by atoms with Crippen molar-refractivity contribution in [3.05, 3.63) is 28.2 Å². The van der Waals surface area contributed by atoms with Crippen LogP contribution in [0, 0.1) is 5.95 Å². The van der Waals surface area contributed by atoms with Gasteiger partial charge < -0.3 is 10.3 Å². The van der Waals surface area contributed by atoms with Gasteiger partial charge in [0.1, 0.15) is 0 Å². The highest BCUT2D eigenvalue weighted by atomic mass is 19.1. The second-order valence-corrected chi connectivity index (χ2v) is 3.08. The average molecular weight is 199 g/mol. The fourth-order valence-electron chi connectivity index (χ4n) is 1.02. The molecule has 0 aromatic carbocycles. The second-order valence-electron chi connectivity index (χ2n) is 3.08. The second kappa shape index (κ2) is 3.57. The van der Waals surface area contributed by atoms with Gasteiger partial charge in [-0.2, -0.15) is 4.39 Å². The Hall–Kier alpha value is -1.72. The lowest BCUT2D eigenvalue weighted by atomic mass is 10.3. The van der Waals surface area contributed by atoms with Gasteiger partial charge in [0.05, 0.1) is 6.20 Å². The Morgan fingerprint density at radius 2 is 2.21 bits per heavy atom. The third-order valence-corrected chi connectivity index (χ3v) is 1.69. The minimum absolute atomic E-state index is 0.252. The van der Waals surface area contributed by atoms with Crippen LogP contribution in [0.3, 0.4) is 0 Å². The first kappa shape index (κ1) is 10.4. The number of halogens is 1. The molecule has 0 aliphatic rings. The van der Waals surface area contributed by atoms with E-state index in [2.05, 4.69) is 4.98 Å². The van der Waals surface area contributed by atoms with Gasteiger partial charge in [0.15, 0.2) is 5.69 Å². The van der Waals surface area contributed by atoms with Gasteiger partial charge >= 0.3 is 0 Å². The monoisotopic (exact) mass is 199 g/mol. The summed E-state index contributed by atoms with van der Waals surface area (Å²) >= 11 is 0. The molecular formula is C8H10FN3O2. The van der Waals surface area contributed by atoms with E-state index in [-0.39, 0.29) is 6.04 Å². The number of primary amides is 1. The first-order valence-electron chi connectivity index (χ1n) is 4.02. The summed E-state index contributed by atoms with van der Waals surface area (Å²) < 4.78 is 13.9. The molecule has 0 aliphatic heterocycles. The third kappa shape index (κ3) is 1.78. The summed E-state index contributed by atoms with van der Waals surface area (Å²) in [5, 5.41) is 0. The standard InChI is InChI=1S/C8H10FN3O2/c1-4(2)12-3-5(9)11-6(7(10)13)8(12)14/h3-4H,1-2H3,(H2,10,13). The maximum absolute atomic E-state index is 12.8. The molecule has 0 saturated carbocycles. The van der Waals surface area contributed by atoms with E-state index in [4.69, 9.17) is 5.73 Å². The topological polar surface area (TPSA) is 78.0 Å². The van der Waals surface area contributed by atoms with Crippen LogP contribution in [-0.4, -0.2) is 15.5 Å². The maximum Gasteiger partial charge on any atom is 0.282 e. The van der Waals surface area contributed by atoms with Crippen molar-refractivity contribution in [1.82, 2.24) is 9.55 Å². The van der Waals surface area contributed by atoms with Gasteiger partial charge in [0.2, 0.25) is 5.95 Å². The average Bonchev–Trinajstić information content (AvgIpc) is 2.07. The molecule has 0 aliphatic carbocycles. The summed E-state index contributed by atoms with van der Waals surface area (Å²) in [5.74, 6) is -1.92. The Labute approximate surface area is 79.4 Å². The molecule has 6 heteroatoms. The Morgan fingerprint density at radius 3 is 2.64 bits per heavy atom. The van der Waals surface area contributed by atoms with E-state index in [0.717, 1.165) is 10.8 Å². The molecule has 1 heterocycles. The number of amides is 1. The highest BCUT2D eigenvalue weighted by Gasteiger charge is 2.14. The third-order valence-electron chi connectivity index (χ3n) is 1.69. The number of rotatable bonds is 2. The summed E-state index contributed by atoms with van der Waals surface area (Å²) in [6.07, 6.45) is 0.944. The highest BCUT2D eigenvalue weighted by molar-refractivity contribution is 5.90. The van der Waals surface area contributed by atoms with Crippen molar-refractivity contribution < 1.29 is 9.18 Å². The van der Waals surface area contributed by atoms with Crippen LogP contribution in [0.25, 0.3) is 0 Å². The molecular weight excluding hydrogens is 189 g/mol. The van der Waals surface area contributed by atoms with Gasteiger partial charge in [0, 0.05) is 6.04 Å². The predicted molar refractivity (Wildman–Crippen MR) is 47.4 cm³/mol. The first-order valence-corrected chi connectivity index (χ1v) is 4.02. The first-order chi connectivity index (χ1) is 6.43. The van der Waals surface area contributed by atoms with Crippen LogP contribution in [0.15, 0.2) is 11.0 Å². The van der Waals surface area contributed by atoms with Crippen molar-refractivity contribution in [3.63, 3.8) is 0 Å². The number of nitrogens with two attached hydrogens (primary N) is 1. The SMILES string of the molecule is CC(C)n1cc(F)nc(C(N)=O)c1=O. The molecule has 0 saturated heterocycles. The summed E-state index contributed by atoms with van der Waals surface area (Å²) in [4.78, 5) is 25.3. The van der Waals surface area contributed by atoms with E-state index >= 15 is 0 Å². The van der Waals surface area contributed by atoms with E-state index in [1.165, 1.54) is 0 Å². The Kier molecular flexibility index (Phi) is 2.64. The molecule has 0 unspecified atom stereocenters. The largest absolute Gasteiger partial charge is 0.364 e. The van der Waals surface area contributed by atoms with E-state index in [9.17, 15) is 14.0 Å². The minimum atomic E-state index is -1.02. The summed E-state index contributed by atoms with van der Waals surface area (Å²) in [6, 6.07) is -0.252. The molecule has 76 valence electrons. The zero-order valence-corrected chi connectivity index (χ0v) is 7.82. The van der Waals surface area contributed by atoms with Crippen LogP contribution in [0.4, 0.5) is 4.39 Å². The van der Waals surface area contributed by atoms with Crippen molar-refractivity contribution in [2.24, 2.45) is 5.73 Å². The molecule has 2 N–H and O–H groups in total. The lowest BCUT2D eigenvalue weighted by Gasteiger charge is -2.09. The summed E-state index contributed by atoms with van der Waals surface area (Å²) in [5.41, 5.74) is 3.63. The van der Waals surface area contributed by atoms with Crippen molar-refractivity contribution in [2.75, 3.05) is 0 Å². The fourth-order valence-corrected chi connectivity index (χ4v) is 1.02. The maximum atomic E-state index is 12.8. The number of carbonyl (C=O) groups excluding carboxylic acids is 1. The van der Waals surface area contributed by atoms with Gasteiger partial charge in [-0.05, 0) is 13.8 Å². The van der Waals surface area contributed by atoms with E-state index in [1.54, 1.807) is 13.8 Å². The molecule has 1 aromatic heterocycles. The number of hydrogen-bond acceptors (Lipinski definition) is 3. The van der Waals surface area contributed by atoms with Gasteiger partial charge in [-0.1, -0.05) is 0 Å². The summed E-state index contributed by atoms with van der Waals surface area (Å²) in [6.45, 7) is 3.37. The summed E-state index contributed by atoms with van der Waals surface area (Å²) in [7, 11) is 0. The molecule has 0 spiro atoms. The molecule has 1 amide bonds. The van der Waals surface area contributed by atoms with Crippen molar-refractivity contribution in [2.45, 2.75) is 19.9 Å². The van der Waals surface area contributed by atoms with Gasteiger partial charge in [-0.25, -0.2) is 4.98 Å². The lowest BCUT2D eigenvalue weighted by Crippen LogP contribution is -2.32. The smallest absolute Gasteiger partial charge is 0.282 e. The Bertz CT molecular complexity index is 425. The number of carbonyl (C=O) groups is 1. The quantitative estimate of drug-likeness (QED) is 0.731. The van der Waals surface area contributed by atoms with Crippen molar-refractivity contribution in [3.8, 4) is 0 Å². The minimum Gasteiger partial charge on any atom is -0.364 e. The molecule has 5 nitrogen and oxygen atoms in total. The highest BCUT2D eigenvalue weighted by Crippen LogP contribution is 2.01. The number of hydrogen-bond donors (Lipinski definition) is 1. The Morgan fingerprint density at radius 1 is 1.64 bits per heavy atom. The van der Waals surface area contributed by atoms with Crippen LogP contribution < -0.4 is 11.3 Å².